The van der Waals surface area contributed by atoms with Crippen LogP contribution in [0.4, 0.5) is 4.79 Å². The summed E-state index contributed by atoms with van der Waals surface area (Å²) < 4.78 is 24.2. The Morgan fingerprint density at radius 3 is 2.44 bits per heavy atom. The van der Waals surface area contributed by atoms with Crippen LogP contribution in [0.3, 0.4) is 0 Å². The minimum Gasteiger partial charge on any atom is -0.494 e. The van der Waals surface area contributed by atoms with Gasteiger partial charge in [0, 0.05) is 24.2 Å². The monoisotopic (exact) mass is 673 g/mol. The summed E-state index contributed by atoms with van der Waals surface area (Å²) in [5.74, 6) is 0.973. The maximum absolute atomic E-state index is 13.0. The summed E-state index contributed by atoms with van der Waals surface area (Å²) in [6.45, 7) is 9.09. The molecule has 0 N–H and O–H groups in total. The molecule has 0 saturated carbocycles. The number of fused-ring (bicyclic) bond motifs is 1. The zero-order valence-electron chi connectivity index (χ0n) is 26.5. The number of hydrogen-bond acceptors (Lipinski definition) is 5. The van der Waals surface area contributed by atoms with E-state index in [1.807, 2.05) is 51.1 Å². The average Bonchev–Trinajstić information content (AvgIpc) is 3.05. The van der Waals surface area contributed by atoms with E-state index in [0.29, 0.717) is 39.5 Å². The summed E-state index contributed by atoms with van der Waals surface area (Å²) in [7, 11) is 0. The van der Waals surface area contributed by atoms with Crippen LogP contribution >= 0.6 is 15.9 Å². The van der Waals surface area contributed by atoms with E-state index < -0.39 is 5.60 Å². The van der Waals surface area contributed by atoms with Gasteiger partial charge >= 0.3 is 6.09 Å². The van der Waals surface area contributed by atoms with Gasteiger partial charge in [-0.15, -0.1) is 0 Å². The number of carbonyl (C=O) groups is 1. The van der Waals surface area contributed by atoms with Gasteiger partial charge in [0.15, 0.2) is 0 Å². The predicted molar refractivity (Wildman–Crippen MR) is 183 cm³/mol. The number of benzene rings is 4. The molecule has 1 amide bonds. The Hall–Kier alpha value is -3.39. The van der Waals surface area contributed by atoms with Crippen molar-refractivity contribution in [3.8, 4) is 5.75 Å². The topological polar surface area (TPSA) is 57.2 Å². The molecule has 0 aromatic heterocycles. The molecule has 1 aliphatic rings. The first-order chi connectivity index (χ1) is 21.8. The molecule has 1 fully saturated rings. The summed E-state index contributed by atoms with van der Waals surface area (Å²) in [4.78, 5) is 14.8. The minimum absolute atomic E-state index is 0.136. The third-order valence-corrected chi connectivity index (χ3v) is 8.62. The Morgan fingerprint density at radius 1 is 0.889 bits per heavy atom. The molecule has 4 aromatic rings. The van der Waals surface area contributed by atoms with Crippen molar-refractivity contribution in [1.82, 2.24) is 4.90 Å². The highest BCUT2D eigenvalue weighted by atomic mass is 79.9. The number of likely N-dealkylation sites (tertiary alicyclic amines) is 1. The second kappa shape index (κ2) is 15.7. The normalized spacial score (nSPS) is 16.9. The van der Waals surface area contributed by atoms with Crippen molar-refractivity contribution in [2.24, 2.45) is 0 Å². The predicted octanol–water partition coefficient (Wildman–Crippen LogP) is 9.03. The number of halogens is 1. The number of nitrogens with zero attached hydrogens (tertiary/aromatic N) is 1. The first-order valence-electron chi connectivity index (χ1n) is 15.8. The van der Waals surface area contributed by atoms with Gasteiger partial charge in [0.1, 0.15) is 11.4 Å². The Bertz CT molecular complexity index is 1520. The molecule has 0 radical (unpaired) electrons. The summed E-state index contributed by atoms with van der Waals surface area (Å²) in [6.07, 6.45) is 1.12. The van der Waals surface area contributed by atoms with E-state index in [0.717, 1.165) is 29.5 Å². The summed E-state index contributed by atoms with van der Waals surface area (Å²) in [5.41, 5.74) is 4.17. The van der Waals surface area contributed by atoms with Gasteiger partial charge in [-0.2, -0.15) is 0 Å². The molecule has 0 spiro atoms. The van der Waals surface area contributed by atoms with Crippen molar-refractivity contribution in [2.45, 2.75) is 69.8 Å². The highest BCUT2D eigenvalue weighted by Gasteiger charge is 2.35. The number of carbonyl (C=O) groups excluding carboxylic acids is 1. The van der Waals surface area contributed by atoms with E-state index in [9.17, 15) is 4.79 Å². The zero-order chi connectivity index (χ0) is 31.6. The van der Waals surface area contributed by atoms with E-state index in [4.69, 9.17) is 18.9 Å². The van der Waals surface area contributed by atoms with Gasteiger partial charge in [-0.1, -0.05) is 88.7 Å². The quantitative estimate of drug-likeness (QED) is 0.111. The minimum atomic E-state index is -0.551. The van der Waals surface area contributed by atoms with Gasteiger partial charge in [0.05, 0.1) is 39.1 Å². The van der Waals surface area contributed by atoms with Crippen LogP contribution in [0.15, 0.2) is 91.0 Å². The van der Waals surface area contributed by atoms with E-state index in [1.165, 1.54) is 27.5 Å². The Morgan fingerprint density at radius 2 is 1.69 bits per heavy atom. The molecule has 45 heavy (non-hydrogen) atoms. The molecular weight excluding hydrogens is 630 g/mol. The molecule has 4 aromatic carbocycles. The molecular formula is C38H44BrNO5. The highest BCUT2D eigenvalue weighted by molar-refractivity contribution is 9.08. The van der Waals surface area contributed by atoms with Crippen molar-refractivity contribution in [3.05, 3.63) is 113 Å². The van der Waals surface area contributed by atoms with Crippen LogP contribution in [0, 0.1) is 0 Å². The van der Waals surface area contributed by atoms with Gasteiger partial charge in [0.2, 0.25) is 0 Å². The van der Waals surface area contributed by atoms with Crippen molar-refractivity contribution in [1.29, 1.82) is 0 Å². The fraction of sp³-hybridized carbons (Fsp3) is 0.395. The molecule has 1 heterocycles. The molecule has 0 bridgehead atoms. The summed E-state index contributed by atoms with van der Waals surface area (Å²) in [5, 5.41) is 3.18. The van der Waals surface area contributed by atoms with Crippen LogP contribution in [-0.4, -0.2) is 49.0 Å². The number of ether oxygens (including phenoxy) is 4. The second-order valence-corrected chi connectivity index (χ2v) is 13.1. The van der Waals surface area contributed by atoms with E-state index in [-0.39, 0.29) is 18.1 Å². The van der Waals surface area contributed by atoms with Crippen LogP contribution in [-0.2, 0) is 32.8 Å². The maximum atomic E-state index is 13.0. The van der Waals surface area contributed by atoms with Gasteiger partial charge in [-0.05, 0) is 78.4 Å². The zero-order valence-corrected chi connectivity index (χ0v) is 28.1. The number of alkyl halides is 1. The van der Waals surface area contributed by atoms with E-state index >= 15 is 0 Å². The standard InChI is InChI=1S/C38H44BrNO5/c1-38(2,3)45-37(41)40-20-19-34(36(25-40)44-27-32-12-7-11-30-14-13-29(24-39)23-35(30)32)31-15-17-33(18-16-31)43-22-8-21-42-26-28-9-5-4-6-10-28/h4-7,9-18,23,34,36H,8,19-22,24-27H2,1-3H3. The summed E-state index contributed by atoms with van der Waals surface area (Å²) in [6, 6.07) is 31.4. The Labute approximate surface area is 275 Å². The van der Waals surface area contributed by atoms with Crippen LogP contribution in [0.2, 0.25) is 0 Å². The van der Waals surface area contributed by atoms with Crippen LogP contribution in [0.1, 0.15) is 61.8 Å². The van der Waals surface area contributed by atoms with Crippen molar-refractivity contribution < 1.29 is 23.7 Å². The van der Waals surface area contributed by atoms with Crippen molar-refractivity contribution in [2.75, 3.05) is 26.3 Å². The molecule has 5 rings (SSSR count). The van der Waals surface area contributed by atoms with Crippen LogP contribution in [0.5, 0.6) is 5.75 Å². The lowest BCUT2D eigenvalue weighted by Gasteiger charge is -2.39. The number of hydrogen-bond donors (Lipinski definition) is 0. The van der Waals surface area contributed by atoms with E-state index in [2.05, 4.69) is 76.6 Å². The molecule has 2 atom stereocenters. The van der Waals surface area contributed by atoms with Crippen molar-refractivity contribution >= 4 is 32.8 Å². The van der Waals surface area contributed by atoms with Crippen LogP contribution < -0.4 is 4.74 Å². The largest absolute Gasteiger partial charge is 0.494 e. The Balaban J connectivity index is 1.22. The smallest absolute Gasteiger partial charge is 0.410 e. The third-order valence-electron chi connectivity index (χ3n) is 7.98. The average molecular weight is 675 g/mol. The fourth-order valence-corrected chi connectivity index (χ4v) is 6.02. The molecule has 1 saturated heterocycles. The molecule has 1 aliphatic heterocycles. The third kappa shape index (κ3) is 9.55. The summed E-state index contributed by atoms with van der Waals surface area (Å²) >= 11 is 3.59. The first kappa shape index (κ1) is 33.0. The van der Waals surface area contributed by atoms with Crippen molar-refractivity contribution in [3.63, 3.8) is 0 Å². The van der Waals surface area contributed by atoms with E-state index in [1.54, 1.807) is 4.90 Å². The van der Waals surface area contributed by atoms with Crippen LogP contribution in [0.25, 0.3) is 10.8 Å². The van der Waals surface area contributed by atoms with Gasteiger partial charge in [-0.25, -0.2) is 4.79 Å². The lowest BCUT2D eigenvalue weighted by atomic mass is 9.87. The molecule has 6 nitrogen and oxygen atoms in total. The lowest BCUT2D eigenvalue weighted by Crippen LogP contribution is -2.48. The second-order valence-electron chi connectivity index (χ2n) is 12.6. The van der Waals surface area contributed by atoms with Gasteiger partial charge in [0.25, 0.3) is 0 Å². The molecule has 7 heteroatoms. The number of amides is 1. The SMILES string of the molecule is CC(C)(C)OC(=O)N1CCC(c2ccc(OCCCOCc3ccccc3)cc2)C(OCc2cccc3ccc(CBr)cc23)C1. The van der Waals surface area contributed by atoms with Gasteiger partial charge in [-0.3, -0.25) is 0 Å². The van der Waals surface area contributed by atoms with Gasteiger partial charge < -0.3 is 23.8 Å². The highest BCUT2D eigenvalue weighted by Crippen LogP contribution is 2.33. The molecule has 0 aliphatic carbocycles. The molecule has 238 valence electrons. The number of rotatable bonds is 12. The lowest BCUT2D eigenvalue weighted by molar-refractivity contribution is -0.0357. The number of piperidine rings is 1. The fourth-order valence-electron chi connectivity index (χ4n) is 5.68. The maximum Gasteiger partial charge on any atom is 0.410 e. The molecule has 2 unspecified atom stereocenters. The first-order valence-corrected chi connectivity index (χ1v) is 16.9. The Kier molecular flexibility index (Phi) is 11.5.